The van der Waals surface area contributed by atoms with Crippen molar-refractivity contribution in [1.29, 1.82) is 0 Å². The predicted octanol–water partition coefficient (Wildman–Crippen LogP) is 0.975. The number of furan rings is 1. The number of nitrogens with zero attached hydrogens (tertiary/aromatic N) is 2. The fraction of sp³-hybridized carbons (Fsp3) is 0.300. The summed E-state index contributed by atoms with van der Waals surface area (Å²) in [7, 11) is 0. The maximum atomic E-state index is 10.5. The van der Waals surface area contributed by atoms with Gasteiger partial charge in [-0.15, -0.1) is 22.0 Å². The molecular weight excluding hydrogens is 258 g/mol. The van der Waals surface area contributed by atoms with E-state index in [-0.39, 0.29) is 5.75 Å². The minimum Gasteiger partial charge on any atom is -0.480 e. The summed E-state index contributed by atoms with van der Waals surface area (Å²) in [6, 6.07) is 2.55. The van der Waals surface area contributed by atoms with Gasteiger partial charge in [0.1, 0.15) is 6.04 Å². The van der Waals surface area contributed by atoms with Gasteiger partial charge in [-0.05, 0) is 12.1 Å². The van der Waals surface area contributed by atoms with Crippen LogP contribution in [0.2, 0.25) is 0 Å². The van der Waals surface area contributed by atoms with Gasteiger partial charge in [0.25, 0.3) is 5.89 Å². The minimum atomic E-state index is -1.02. The van der Waals surface area contributed by atoms with Crippen LogP contribution in [0.3, 0.4) is 0 Å². The predicted molar refractivity (Wildman–Crippen MR) is 63.8 cm³/mol. The van der Waals surface area contributed by atoms with E-state index in [1.54, 1.807) is 12.1 Å². The largest absolute Gasteiger partial charge is 0.480 e. The quantitative estimate of drug-likeness (QED) is 0.797. The number of aromatic nitrogens is 2. The highest BCUT2D eigenvalue weighted by molar-refractivity contribution is 7.98. The Balaban J connectivity index is 1.86. The normalized spacial score (nSPS) is 12.5. The molecule has 96 valence electrons. The van der Waals surface area contributed by atoms with Crippen LogP contribution in [0, 0.1) is 0 Å². The molecule has 2 heterocycles. The number of nitrogens with two attached hydrogens (primary N) is 1. The van der Waals surface area contributed by atoms with E-state index in [2.05, 4.69) is 10.2 Å². The summed E-state index contributed by atoms with van der Waals surface area (Å²) in [5.74, 6) is 0.884. The van der Waals surface area contributed by atoms with Crippen molar-refractivity contribution in [3.05, 3.63) is 24.3 Å². The Morgan fingerprint density at radius 3 is 3.06 bits per heavy atom. The van der Waals surface area contributed by atoms with Crippen molar-refractivity contribution < 1.29 is 18.7 Å². The third-order valence-corrected chi connectivity index (χ3v) is 3.08. The van der Waals surface area contributed by atoms with E-state index in [0.29, 0.717) is 23.3 Å². The lowest BCUT2D eigenvalue weighted by molar-refractivity contribution is -0.137. The maximum Gasteiger partial charge on any atom is 0.321 e. The lowest BCUT2D eigenvalue weighted by Crippen LogP contribution is -2.32. The van der Waals surface area contributed by atoms with Crippen LogP contribution in [0.5, 0.6) is 0 Å². The Hall–Kier alpha value is -1.80. The molecule has 0 aliphatic rings. The molecule has 2 aromatic rings. The van der Waals surface area contributed by atoms with Crippen LogP contribution in [0.1, 0.15) is 5.89 Å². The van der Waals surface area contributed by atoms with E-state index in [1.807, 2.05) is 0 Å². The highest BCUT2D eigenvalue weighted by Crippen LogP contribution is 2.20. The second kappa shape index (κ2) is 5.69. The fourth-order valence-electron chi connectivity index (χ4n) is 1.16. The molecule has 0 amide bonds. The number of hydrogen-bond acceptors (Lipinski definition) is 7. The molecule has 0 spiro atoms. The molecular formula is C10H11N3O4S. The van der Waals surface area contributed by atoms with Gasteiger partial charge in [-0.25, -0.2) is 0 Å². The Kier molecular flexibility index (Phi) is 4.00. The Labute approximate surface area is 106 Å². The van der Waals surface area contributed by atoms with Crippen LogP contribution in [0.4, 0.5) is 0 Å². The standard InChI is InChI=1S/C10H11N3O4S/c11-6(10(14)15)4-18-5-8-12-13-9(17-8)7-2-1-3-16-7/h1-3,6H,4-5,11H2,(H,14,15)/t6-/m1/s1. The summed E-state index contributed by atoms with van der Waals surface area (Å²) < 4.78 is 10.5. The van der Waals surface area contributed by atoms with Crippen molar-refractivity contribution in [2.24, 2.45) is 5.73 Å². The molecule has 0 saturated heterocycles. The number of aliphatic carboxylic acids is 1. The average Bonchev–Trinajstić information content (AvgIpc) is 2.98. The minimum absolute atomic E-state index is 0.286. The highest BCUT2D eigenvalue weighted by atomic mass is 32.2. The van der Waals surface area contributed by atoms with Gasteiger partial charge in [-0.3, -0.25) is 4.79 Å². The van der Waals surface area contributed by atoms with Crippen LogP contribution < -0.4 is 5.73 Å². The lowest BCUT2D eigenvalue weighted by atomic mass is 10.4. The number of hydrogen-bond donors (Lipinski definition) is 2. The zero-order valence-corrected chi connectivity index (χ0v) is 10.1. The molecule has 0 unspecified atom stereocenters. The van der Waals surface area contributed by atoms with Crippen molar-refractivity contribution in [1.82, 2.24) is 10.2 Å². The number of carboxylic acids is 1. The molecule has 3 N–H and O–H groups in total. The molecule has 2 rings (SSSR count). The maximum absolute atomic E-state index is 10.5. The van der Waals surface area contributed by atoms with E-state index in [9.17, 15) is 4.79 Å². The first kappa shape index (κ1) is 12.7. The number of thioether (sulfide) groups is 1. The van der Waals surface area contributed by atoms with Crippen LogP contribution in [-0.2, 0) is 10.5 Å². The van der Waals surface area contributed by atoms with Gasteiger partial charge in [-0.2, -0.15) is 0 Å². The van der Waals surface area contributed by atoms with Gasteiger partial charge < -0.3 is 19.7 Å². The third-order valence-electron chi connectivity index (χ3n) is 2.04. The summed E-state index contributed by atoms with van der Waals surface area (Å²) in [5, 5.41) is 16.3. The SMILES string of the molecule is N[C@H](CSCc1nnc(-c2ccco2)o1)C(=O)O. The highest BCUT2D eigenvalue weighted by Gasteiger charge is 2.14. The third kappa shape index (κ3) is 3.11. The van der Waals surface area contributed by atoms with Gasteiger partial charge in [0.15, 0.2) is 5.76 Å². The molecule has 0 bridgehead atoms. The van der Waals surface area contributed by atoms with Gasteiger partial charge in [0.05, 0.1) is 12.0 Å². The van der Waals surface area contributed by atoms with Crippen LogP contribution in [0.15, 0.2) is 27.2 Å². The van der Waals surface area contributed by atoms with Gasteiger partial charge in [-0.1, -0.05) is 0 Å². The van der Waals surface area contributed by atoms with Crippen LogP contribution in [-0.4, -0.2) is 33.1 Å². The zero-order valence-electron chi connectivity index (χ0n) is 9.28. The monoisotopic (exact) mass is 269 g/mol. The molecule has 0 aliphatic carbocycles. The smallest absolute Gasteiger partial charge is 0.321 e. The number of carboxylic acid groups (broad SMARTS) is 1. The molecule has 0 radical (unpaired) electrons. The van der Waals surface area contributed by atoms with Crippen LogP contribution in [0.25, 0.3) is 11.7 Å². The molecule has 0 aliphatic heterocycles. The average molecular weight is 269 g/mol. The van der Waals surface area contributed by atoms with E-state index < -0.39 is 12.0 Å². The Bertz CT molecular complexity index is 511. The molecule has 0 fully saturated rings. The summed E-state index contributed by atoms with van der Waals surface area (Å²) in [6.07, 6.45) is 1.51. The Morgan fingerprint density at radius 1 is 1.56 bits per heavy atom. The van der Waals surface area contributed by atoms with Crippen molar-refractivity contribution in [3.63, 3.8) is 0 Å². The summed E-state index contributed by atoms with van der Waals surface area (Å²) in [4.78, 5) is 10.5. The summed E-state index contributed by atoms with van der Waals surface area (Å²) in [5.41, 5.74) is 5.36. The van der Waals surface area contributed by atoms with E-state index in [4.69, 9.17) is 19.7 Å². The van der Waals surface area contributed by atoms with Crippen molar-refractivity contribution in [2.75, 3.05) is 5.75 Å². The van der Waals surface area contributed by atoms with Crippen molar-refractivity contribution in [2.45, 2.75) is 11.8 Å². The molecule has 1 atom stereocenters. The van der Waals surface area contributed by atoms with Gasteiger partial charge in [0, 0.05) is 5.75 Å². The molecule has 7 nitrogen and oxygen atoms in total. The molecule has 2 aromatic heterocycles. The first-order valence-corrected chi connectivity index (χ1v) is 6.24. The number of carbonyl (C=O) groups is 1. The van der Waals surface area contributed by atoms with Crippen molar-refractivity contribution in [3.8, 4) is 11.7 Å². The molecule has 0 saturated carbocycles. The summed E-state index contributed by atoms with van der Waals surface area (Å²) in [6.45, 7) is 0. The van der Waals surface area contributed by atoms with Crippen LogP contribution >= 0.6 is 11.8 Å². The zero-order chi connectivity index (χ0) is 13.0. The Morgan fingerprint density at radius 2 is 2.39 bits per heavy atom. The van der Waals surface area contributed by atoms with E-state index in [0.717, 1.165) is 0 Å². The number of rotatable bonds is 6. The molecule has 0 aromatic carbocycles. The first-order chi connectivity index (χ1) is 8.66. The lowest BCUT2D eigenvalue weighted by Gasteiger charge is -2.03. The van der Waals surface area contributed by atoms with Gasteiger partial charge >= 0.3 is 5.97 Å². The summed E-state index contributed by atoms with van der Waals surface area (Å²) >= 11 is 1.32. The van der Waals surface area contributed by atoms with E-state index in [1.165, 1.54) is 18.0 Å². The second-order valence-electron chi connectivity index (χ2n) is 3.44. The van der Waals surface area contributed by atoms with Crippen molar-refractivity contribution >= 4 is 17.7 Å². The molecule has 18 heavy (non-hydrogen) atoms. The topological polar surface area (TPSA) is 115 Å². The fourth-order valence-corrected chi connectivity index (χ4v) is 1.96. The molecule has 8 heteroatoms. The first-order valence-electron chi connectivity index (χ1n) is 5.09. The van der Waals surface area contributed by atoms with Gasteiger partial charge in [0.2, 0.25) is 5.89 Å². The van der Waals surface area contributed by atoms with E-state index >= 15 is 0 Å². The second-order valence-corrected chi connectivity index (χ2v) is 4.47.